The Morgan fingerprint density at radius 1 is 1.14 bits per heavy atom. The van der Waals surface area contributed by atoms with Gasteiger partial charge in [-0.3, -0.25) is 9.78 Å². The number of benzene rings is 1. The number of carbonyl (C=O) groups is 1. The van der Waals surface area contributed by atoms with E-state index in [0.717, 1.165) is 34.6 Å². The molecule has 140 valence electrons. The van der Waals surface area contributed by atoms with Crippen LogP contribution in [0.3, 0.4) is 0 Å². The molecule has 1 N–H and O–H groups in total. The van der Waals surface area contributed by atoms with Gasteiger partial charge in [0.15, 0.2) is 5.78 Å². The van der Waals surface area contributed by atoms with Gasteiger partial charge in [-0.1, -0.05) is 23.3 Å². The lowest BCUT2D eigenvalue weighted by atomic mass is 9.78. The zero-order chi connectivity index (χ0) is 19.1. The minimum Gasteiger partial charge on any atom is -0.497 e. The average molecular weight is 374 g/mol. The molecule has 0 saturated heterocycles. The number of nitrogens with one attached hydrogen (secondary N) is 1. The first-order valence-electron chi connectivity index (χ1n) is 9.09. The molecule has 0 fully saturated rings. The van der Waals surface area contributed by atoms with Crippen LogP contribution in [-0.4, -0.2) is 38.1 Å². The van der Waals surface area contributed by atoms with Crippen molar-refractivity contribution in [2.45, 2.75) is 24.8 Å². The fraction of sp³-hybridized carbons (Fsp3) is 0.250. The maximum absolute atomic E-state index is 13.2. The number of ether oxygens (including phenoxy) is 1. The fourth-order valence-corrected chi connectivity index (χ4v) is 4.03. The summed E-state index contributed by atoms with van der Waals surface area (Å²) in [6, 6.07) is 11.3. The van der Waals surface area contributed by atoms with Crippen LogP contribution in [0.4, 0.5) is 5.95 Å². The maximum atomic E-state index is 13.2. The number of carbonyl (C=O) groups excluding carboxylic acids is 1. The average Bonchev–Trinajstić information content (AvgIpc) is 3.21. The Morgan fingerprint density at radius 2 is 2.00 bits per heavy atom. The highest BCUT2D eigenvalue weighted by atomic mass is 16.5. The van der Waals surface area contributed by atoms with Gasteiger partial charge in [0, 0.05) is 30.1 Å². The number of aromatic nitrogens is 5. The Bertz CT molecular complexity index is 1060. The Kier molecular flexibility index (Phi) is 3.89. The van der Waals surface area contributed by atoms with E-state index in [2.05, 4.69) is 25.8 Å². The highest BCUT2D eigenvalue weighted by Gasteiger charge is 2.39. The minimum absolute atomic E-state index is 0.0987. The van der Waals surface area contributed by atoms with Crippen LogP contribution in [0.1, 0.15) is 35.9 Å². The molecule has 0 radical (unpaired) electrons. The number of hydrogen-bond acceptors (Lipinski definition) is 7. The first-order chi connectivity index (χ1) is 13.7. The molecule has 3 aromatic rings. The lowest BCUT2D eigenvalue weighted by Crippen LogP contribution is -2.33. The number of fused-ring (bicyclic) bond motifs is 1. The molecule has 8 nitrogen and oxygen atoms in total. The number of hydrogen-bond donors (Lipinski definition) is 1. The first kappa shape index (κ1) is 16.6. The Hall–Kier alpha value is -3.55. The first-order valence-corrected chi connectivity index (χ1v) is 9.09. The number of anilines is 1. The van der Waals surface area contributed by atoms with E-state index >= 15 is 0 Å². The van der Waals surface area contributed by atoms with E-state index in [1.807, 2.05) is 36.4 Å². The monoisotopic (exact) mass is 374 g/mol. The van der Waals surface area contributed by atoms with E-state index < -0.39 is 0 Å². The van der Waals surface area contributed by atoms with Crippen molar-refractivity contribution in [1.29, 1.82) is 0 Å². The van der Waals surface area contributed by atoms with Crippen molar-refractivity contribution in [2.75, 3.05) is 12.4 Å². The van der Waals surface area contributed by atoms with Crippen LogP contribution in [0.25, 0.3) is 0 Å². The molecule has 8 heteroatoms. The van der Waals surface area contributed by atoms with Gasteiger partial charge in [-0.2, -0.15) is 4.68 Å². The van der Waals surface area contributed by atoms with E-state index in [-0.39, 0.29) is 17.7 Å². The topological polar surface area (TPSA) is 94.8 Å². The van der Waals surface area contributed by atoms with E-state index in [1.54, 1.807) is 24.2 Å². The molecular formula is C20H18N6O2. The van der Waals surface area contributed by atoms with Crippen LogP contribution in [0.2, 0.25) is 0 Å². The molecule has 0 spiro atoms. The van der Waals surface area contributed by atoms with Crippen molar-refractivity contribution < 1.29 is 9.53 Å². The largest absolute Gasteiger partial charge is 0.497 e. The lowest BCUT2D eigenvalue weighted by Gasteiger charge is -2.34. The number of allylic oxidation sites excluding steroid dienone is 2. The highest BCUT2D eigenvalue weighted by Crippen LogP contribution is 2.43. The van der Waals surface area contributed by atoms with Crippen molar-refractivity contribution in [3.63, 3.8) is 0 Å². The van der Waals surface area contributed by atoms with E-state index in [9.17, 15) is 4.79 Å². The Labute approximate surface area is 161 Å². The van der Waals surface area contributed by atoms with Crippen LogP contribution in [-0.2, 0) is 4.79 Å². The molecule has 2 aliphatic rings. The SMILES string of the molecule is COc1ccc([C@@H]2CC(=O)C3=C(C2)Nc2nnnn2[C@H]3c2cccnc2)cc1. The zero-order valence-corrected chi connectivity index (χ0v) is 15.2. The van der Waals surface area contributed by atoms with Crippen molar-refractivity contribution in [3.8, 4) is 5.75 Å². The van der Waals surface area contributed by atoms with Crippen LogP contribution in [0.5, 0.6) is 5.75 Å². The predicted octanol–water partition coefficient (Wildman–Crippen LogP) is 2.49. The summed E-state index contributed by atoms with van der Waals surface area (Å²) in [5.41, 5.74) is 3.61. The molecular weight excluding hydrogens is 356 g/mol. The number of pyridine rings is 1. The minimum atomic E-state index is -0.362. The van der Waals surface area contributed by atoms with Gasteiger partial charge in [-0.15, -0.1) is 0 Å². The second kappa shape index (κ2) is 6.56. The summed E-state index contributed by atoms with van der Waals surface area (Å²) >= 11 is 0. The molecule has 0 unspecified atom stereocenters. The fourth-order valence-electron chi connectivity index (χ4n) is 4.03. The quantitative estimate of drug-likeness (QED) is 0.752. The Morgan fingerprint density at radius 3 is 2.75 bits per heavy atom. The molecule has 0 bridgehead atoms. The van der Waals surface area contributed by atoms with Gasteiger partial charge in [-0.25, -0.2) is 0 Å². The van der Waals surface area contributed by atoms with E-state index in [0.29, 0.717) is 12.4 Å². The van der Waals surface area contributed by atoms with Crippen molar-refractivity contribution in [2.24, 2.45) is 0 Å². The molecule has 2 aromatic heterocycles. The van der Waals surface area contributed by atoms with Crippen LogP contribution in [0, 0.1) is 0 Å². The summed E-state index contributed by atoms with van der Waals surface area (Å²) in [5.74, 6) is 1.54. The van der Waals surface area contributed by atoms with Gasteiger partial charge >= 0.3 is 0 Å². The second-order valence-corrected chi connectivity index (χ2v) is 6.95. The van der Waals surface area contributed by atoms with Crippen molar-refractivity contribution in [1.82, 2.24) is 25.2 Å². The van der Waals surface area contributed by atoms with Crippen LogP contribution in [0.15, 0.2) is 60.1 Å². The summed E-state index contributed by atoms with van der Waals surface area (Å²) in [6.45, 7) is 0. The standard InChI is InChI=1S/C20H18N6O2/c1-28-15-6-4-12(5-7-15)14-9-16-18(17(27)10-14)19(13-3-2-8-21-11-13)26-20(22-16)23-24-25-26/h2-8,11,14,19H,9-10H2,1H3,(H,22,23,25)/t14-,19-/m0/s1. The van der Waals surface area contributed by atoms with Gasteiger partial charge in [0.1, 0.15) is 11.8 Å². The second-order valence-electron chi connectivity index (χ2n) is 6.95. The molecule has 0 amide bonds. The highest BCUT2D eigenvalue weighted by molar-refractivity contribution is 6.00. The van der Waals surface area contributed by atoms with Crippen molar-refractivity contribution >= 4 is 11.7 Å². The van der Waals surface area contributed by atoms with Crippen molar-refractivity contribution in [3.05, 3.63) is 71.2 Å². The molecule has 1 aliphatic carbocycles. The van der Waals surface area contributed by atoms with Crippen LogP contribution >= 0.6 is 0 Å². The lowest BCUT2D eigenvalue weighted by molar-refractivity contribution is -0.116. The van der Waals surface area contributed by atoms with Gasteiger partial charge in [0.05, 0.1) is 7.11 Å². The number of nitrogens with zero attached hydrogens (tertiary/aromatic N) is 5. The summed E-state index contributed by atoms with van der Waals surface area (Å²) < 4.78 is 6.89. The summed E-state index contributed by atoms with van der Waals surface area (Å²) in [7, 11) is 1.64. The maximum Gasteiger partial charge on any atom is 0.248 e. The van der Waals surface area contributed by atoms with Gasteiger partial charge in [0.25, 0.3) is 0 Å². The molecule has 2 atom stereocenters. The number of ketones is 1. The number of rotatable bonds is 3. The smallest absolute Gasteiger partial charge is 0.248 e. The molecule has 1 aliphatic heterocycles. The molecule has 0 saturated carbocycles. The molecule has 1 aromatic carbocycles. The predicted molar refractivity (Wildman–Crippen MR) is 101 cm³/mol. The van der Waals surface area contributed by atoms with Gasteiger partial charge < -0.3 is 10.1 Å². The Balaban J connectivity index is 1.55. The number of methoxy groups -OCH3 is 1. The van der Waals surface area contributed by atoms with Gasteiger partial charge in [-0.05, 0) is 52.1 Å². The summed E-state index contributed by atoms with van der Waals surface area (Å²) in [4.78, 5) is 17.4. The number of tetrazole rings is 1. The molecule has 28 heavy (non-hydrogen) atoms. The van der Waals surface area contributed by atoms with E-state index in [4.69, 9.17) is 4.74 Å². The third-order valence-corrected chi connectivity index (χ3v) is 5.37. The number of Topliss-reactive ketones (excluding diaryl/α,β-unsaturated/α-hetero) is 1. The normalized spacial score (nSPS) is 21.0. The van der Waals surface area contributed by atoms with Crippen LogP contribution < -0.4 is 10.1 Å². The third kappa shape index (κ3) is 2.65. The molecule has 3 heterocycles. The van der Waals surface area contributed by atoms with Gasteiger partial charge in [0.2, 0.25) is 5.95 Å². The molecule has 5 rings (SSSR count). The summed E-state index contributed by atoms with van der Waals surface area (Å²) in [6.07, 6.45) is 4.63. The summed E-state index contributed by atoms with van der Waals surface area (Å²) in [5, 5.41) is 15.2. The zero-order valence-electron chi connectivity index (χ0n) is 15.2. The van der Waals surface area contributed by atoms with E-state index in [1.165, 1.54) is 0 Å². The third-order valence-electron chi connectivity index (χ3n) is 5.37.